The minimum atomic E-state index is 0.491. The van der Waals surface area contributed by atoms with Gasteiger partial charge >= 0.3 is 0 Å². The Kier molecular flexibility index (Phi) is 7.62. The van der Waals surface area contributed by atoms with E-state index in [4.69, 9.17) is 4.74 Å². The van der Waals surface area contributed by atoms with Crippen LogP contribution in [0.15, 0.2) is 24.4 Å². The van der Waals surface area contributed by atoms with Crippen molar-refractivity contribution < 1.29 is 4.74 Å². The average molecular weight is 250 g/mol. The first kappa shape index (κ1) is 15.1. The predicted octanol–water partition coefficient (Wildman–Crippen LogP) is 2.66. The van der Waals surface area contributed by atoms with Crippen LogP contribution in [0, 0.1) is 5.92 Å². The van der Waals surface area contributed by atoms with Crippen molar-refractivity contribution in [2.24, 2.45) is 5.92 Å². The van der Waals surface area contributed by atoms with E-state index in [1.54, 1.807) is 7.11 Å². The highest BCUT2D eigenvalue weighted by Crippen LogP contribution is 2.10. The summed E-state index contributed by atoms with van der Waals surface area (Å²) in [6.45, 7) is 6.33. The topological polar surface area (TPSA) is 34.2 Å². The normalized spacial score (nSPS) is 14.4. The third-order valence-electron chi connectivity index (χ3n) is 3.00. The van der Waals surface area contributed by atoms with Crippen molar-refractivity contribution in [2.75, 3.05) is 20.3 Å². The van der Waals surface area contributed by atoms with E-state index in [0.717, 1.165) is 38.1 Å². The fourth-order valence-corrected chi connectivity index (χ4v) is 2.20. The van der Waals surface area contributed by atoms with Crippen LogP contribution in [0.2, 0.25) is 0 Å². The molecule has 0 aliphatic carbocycles. The molecule has 0 bridgehead atoms. The van der Waals surface area contributed by atoms with Gasteiger partial charge in [-0.25, -0.2) is 0 Å². The van der Waals surface area contributed by atoms with E-state index in [0.29, 0.717) is 12.0 Å². The quantitative estimate of drug-likeness (QED) is 0.731. The molecule has 0 amide bonds. The SMILES string of the molecule is CCCNC(Cc1ccccn1)CC(C)COC. The molecule has 0 fully saturated rings. The van der Waals surface area contributed by atoms with Gasteiger partial charge in [0, 0.05) is 38.1 Å². The fraction of sp³-hybridized carbons (Fsp3) is 0.667. The Labute approximate surface area is 111 Å². The summed E-state index contributed by atoms with van der Waals surface area (Å²) >= 11 is 0. The van der Waals surface area contributed by atoms with Gasteiger partial charge in [-0.05, 0) is 37.4 Å². The summed E-state index contributed by atoms with van der Waals surface area (Å²) in [5, 5.41) is 3.61. The number of hydrogen-bond acceptors (Lipinski definition) is 3. The highest BCUT2D eigenvalue weighted by molar-refractivity contribution is 5.05. The second kappa shape index (κ2) is 9.06. The summed E-state index contributed by atoms with van der Waals surface area (Å²) in [5.41, 5.74) is 1.16. The van der Waals surface area contributed by atoms with Crippen LogP contribution in [0.25, 0.3) is 0 Å². The summed E-state index contributed by atoms with van der Waals surface area (Å²) < 4.78 is 5.22. The number of ether oxygens (including phenoxy) is 1. The molecule has 1 heterocycles. The minimum absolute atomic E-state index is 0.491. The highest BCUT2D eigenvalue weighted by Gasteiger charge is 2.13. The monoisotopic (exact) mass is 250 g/mol. The van der Waals surface area contributed by atoms with E-state index in [1.807, 2.05) is 12.3 Å². The van der Waals surface area contributed by atoms with Gasteiger partial charge in [0.1, 0.15) is 0 Å². The van der Waals surface area contributed by atoms with Gasteiger partial charge in [0.05, 0.1) is 0 Å². The Hall–Kier alpha value is -0.930. The molecule has 1 N–H and O–H groups in total. The van der Waals surface area contributed by atoms with Crippen LogP contribution < -0.4 is 5.32 Å². The standard InChI is InChI=1S/C15H26N2O/c1-4-8-16-15(10-13(2)12-18-3)11-14-7-5-6-9-17-14/h5-7,9,13,15-16H,4,8,10-12H2,1-3H3. The molecular weight excluding hydrogens is 224 g/mol. The Morgan fingerprint density at radius 1 is 1.39 bits per heavy atom. The maximum Gasteiger partial charge on any atom is 0.0488 e. The first-order valence-electron chi connectivity index (χ1n) is 6.88. The summed E-state index contributed by atoms with van der Waals surface area (Å²) in [6, 6.07) is 6.61. The first-order chi connectivity index (χ1) is 8.76. The number of hydrogen-bond donors (Lipinski definition) is 1. The zero-order valence-corrected chi connectivity index (χ0v) is 11.9. The Bertz CT molecular complexity index is 303. The van der Waals surface area contributed by atoms with Gasteiger partial charge < -0.3 is 10.1 Å². The van der Waals surface area contributed by atoms with Gasteiger partial charge in [0.25, 0.3) is 0 Å². The number of rotatable bonds is 9. The second-order valence-electron chi connectivity index (χ2n) is 4.97. The molecule has 3 heteroatoms. The molecule has 0 aliphatic rings. The largest absolute Gasteiger partial charge is 0.384 e. The summed E-state index contributed by atoms with van der Waals surface area (Å²) in [5.74, 6) is 0.577. The Morgan fingerprint density at radius 2 is 2.22 bits per heavy atom. The van der Waals surface area contributed by atoms with Gasteiger partial charge in [0.15, 0.2) is 0 Å². The van der Waals surface area contributed by atoms with E-state index in [1.165, 1.54) is 0 Å². The maximum atomic E-state index is 5.22. The lowest BCUT2D eigenvalue weighted by atomic mass is 9.98. The number of nitrogens with zero attached hydrogens (tertiary/aromatic N) is 1. The van der Waals surface area contributed by atoms with Crippen molar-refractivity contribution in [3.63, 3.8) is 0 Å². The molecule has 0 aromatic carbocycles. The van der Waals surface area contributed by atoms with Crippen molar-refractivity contribution in [3.8, 4) is 0 Å². The first-order valence-corrected chi connectivity index (χ1v) is 6.88. The third-order valence-corrected chi connectivity index (χ3v) is 3.00. The van der Waals surface area contributed by atoms with Crippen LogP contribution in [-0.4, -0.2) is 31.3 Å². The van der Waals surface area contributed by atoms with Crippen LogP contribution in [0.4, 0.5) is 0 Å². The summed E-state index contributed by atoms with van der Waals surface area (Å²) in [6.07, 6.45) is 5.15. The van der Waals surface area contributed by atoms with Gasteiger partial charge in [0.2, 0.25) is 0 Å². The highest BCUT2D eigenvalue weighted by atomic mass is 16.5. The van der Waals surface area contributed by atoms with Crippen molar-refractivity contribution in [1.82, 2.24) is 10.3 Å². The molecule has 1 aromatic heterocycles. The number of aromatic nitrogens is 1. The smallest absolute Gasteiger partial charge is 0.0488 e. The van der Waals surface area contributed by atoms with Crippen molar-refractivity contribution in [1.29, 1.82) is 0 Å². The van der Waals surface area contributed by atoms with E-state index < -0.39 is 0 Å². The Balaban J connectivity index is 2.49. The summed E-state index contributed by atoms with van der Waals surface area (Å²) in [4.78, 5) is 4.41. The molecule has 1 aromatic rings. The van der Waals surface area contributed by atoms with Gasteiger partial charge in [-0.2, -0.15) is 0 Å². The second-order valence-corrected chi connectivity index (χ2v) is 4.97. The van der Waals surface area contributed by atoms with Gasteiger partial charge in [-0.3, -0.25) is 4.98 Å². The lowest BCUT2D eigenvalue weighted by Gasteiger charge is -2.21. The minimum Gasteiger partial charge on any atom is -0.384 e. The number of methoxy groups -OCH3 is 1. The average Bonchev–Trinajstić information content (AvgIpc) is 2.37. The maximum absolute atomic E-state index is 5.22. The Morgan fingerprint density at radius 3 is 2.83 bits per heavy atom. The molecule has 1 rings (SSSR count). The number of nitrogens with one attached hydrogen (secondary N) is 1. The molecule has 3 nitrogen and oxygen atoms in total. The third kappa shape index (κ3) is 6.12. The number of pyridine rings is 1. The van der Waals surface area contributed by atoms with Crippen LogP contribution >= 0.6 is 0 Å². The van der Waals surface area contributed by atoms with Gasteiger partial charge in [-0.15, -0.1) is 0 Å². The fourth-order valence-electron chi connectivity index (χ4n) is 2.20. The lowest BCUT2D eigenvalue weighted by molar-refractivity contribution is 0.149. The lowest BCUT2D eigenvalue weighted by Crippen LogP contribution is -2.34. The molecule has 2 unspecified atom stereocenters. The van der Waals surface area contributed by atoms with Crippen molar-refractivity contribution >= 4 is 0 Å². The van der Waals surface area contributed by atoms with E-state index >= 15 is 0 Å². The molecule has 0 saturated carbocycles. The van der Waals surface area contributed by atoms with Crippen LogP contribution in [-0.2, 0) is 11.2 Å². The molecule has 102 valence electrons. The van der Waals surface area contributed by atoms with Crippen LogP contribution in [0.1, 0.15) is 32.4 Å². The van der Waals surface area contributed by atoms with Crippen LogP contribution in [0.3, 0.4) is 0 Å². The molecule has 2 atom stereocenters. The molecule has 0 aliphatic heterocycles. The molecule has 0 radical (unpaired) electrons. The van der Waals surface area contributed by atoms with E-state index in [-0.39, 0.29) is 0 Å². The van der Waals surface area contributed by atoms with Gasteiger partial charge in [-0.1, -0.05) is 19.9 Å². The molecule has 0 spiro atoms. The summed E-state index contributed by atoms with van der Waals surface area (Å²) in [7, 11) is 1.77. The zero-order valence-electron chi connectivity index (χ0n) is 11.9. The van der Waals surface area contributed by atoms with Crippen LogP contribution in [0.5, 0.6) is 0 Å². The van der Waals surface area contributed by atoms with Crippen molar-refractivity contribution in [3.05, 3.63) is 30.1 Å². The van der Waals surface area contributed by atoms with Crippen molar-refractivity contribution in [2.45, 2.75) is 39.2 Å². The molecule has 18 heavy (non-hydrogen) atoms. The van der Waals surface area contributed by atoms with E-state index in [9.17, 15) is 0 Å². The molecular formula is C15H26N2O. The predicted molar refractivity (Wildman–Crippen MR) is 75.7 cm³/mol. The molecule has 0 saturated heterocycles. The zero-order chi connectivity index (χ0) is 13.2. The van der Waals surface area contributed by atoms with E-state index in [2.05, 4.69) is 36.3 Å².